The highest BCUT2D eigenvalue weighted by atomic mass is 14.9. The van der Waals surface area contributed by atoms with Crippen molar-refractivity contribution in [2.75, 3.05) is 6.54 Å². The van der Waals surface area contributed by atoms with Gasteiger partial charge in [-0.2, -0.15) is 0 Å². The first-order chi connectivity index (χ1) is 10.3. The van der Waals surface area contributed by atoms with Crippen molar-refractivity contribution in [3.05, 3.63) is 78.0 Å². The Balaban J connectivity index is 1.65. The highest BCUT2D eigenvalue weighted by molar-refractivity contribution is 5.81. The maximum Gasteiger partial charge on any atom is 0.0734 e. The molecule has 1 aromatic heterocycles. The fraction of sp³-hybridized carbons (Fsp3) is 0.211. The van der Waals surface area contributed by atoms with Crippen LogP contribution in [0.1, 0.15) is 24.1 Å². The second kappa shape index (κ2) is 6.51. The molecule has 0 aliphatic heterocycles. The molecular weight excluding hydrogens is 256 g/mol. The number of hydrogen-bond acceptors (Lipinski definition) is 2. The van der Waals surface area contributed by atoms with Gasteiger partial charge >= 0.3 is 0 Å². The van der Waals surface area contributed by atoms with Gasteiger partial charge in [0.2, 0.25) is 0 Å². The van der Waals surface area contributed by atoms with Gasteiger partial charge in [-0.3, -0.25) is 4.98 Å². The molecule has 0 saturated carbocycles. The molecule has 106 valence electrons. The van der Waals surface area contributed by atoms with E-state index in [0.29, 0.717) is 6.04 Å². The molecule has 0 aliphatic rings. The standard InChI is InChI=1S/C19H20N2/c1-15(16-7-3-2-4-8-16)20-14-12-18-10-5-9-17-11-6-13-21-19(17)18/h2-11,13,15,20H,12,14H2,1H3. The lowest BCUT2D eigenvalue weighted by molar-refractivity contribution is 0.577. The molecule has 2 aromatic carbocycles. The van der Waals surface area contributed by atoms with Crippen LogP contribution >= 0.6 is 0 Å². The van der Waals surface area contributed by atoms with Gasteiger partial charge in [0.15, 0.2) is 0 Å². The fourth-order valence-corrected chi connectivity index (χ4v) is 2.65. The highest BCUT2D eigenvalue weighted by Crippen LogP contribution is 2.17. The third-order valence-corrected chi connectivity index (χ3v) is 3.86. The molecule has 0 aliphatic carbocycles. The van der Waals surface area contributed by atoms with Crippen molar-refractivity contribution < 1.29 is 0 Å². The van der Waals surface area contributed by atoms with Gasteiger partial charge in [-0.1, -0.05) is 54.6 Å². The topological polar surface area (TPSA) is 24.9 Å². The predicted molar refractivity (Wildman–Crippen MR) is 88.3 cm³/mol. The molecule has 0 saturated heterocycles. The fourth-order valence-electron chi connectivity index (χ4n) is 2.65. The first kappa shape index (κ1) is 13.8. The summed E-state index contributed by atoms with van der Waals surface area (Å²) in [7, 11) is 0. The zero-order valence-electron chi connectivity index (χ0n) is 12.3. The lowest BCUT2D eigenvalue weighted by Gasteiger charge is -2.14. The van der Waals surface area contributed by atoms with Gasteiger partial charge in [0, 0.05) is 17.6 Å². The van der Waals surface area contributed by atoms with Crippen LogP contribution in [0.25, 0.3) is 10.9 Å². The number of para-hydroxylation sites is 1. The molecule has 3 aromatic rings. The van der Waals surface area contributed by atoms with Crippen LogP contribution in [0.3, 0.4) is 0 Å². The van der Waals surface area contributed by atoms with E-state index >= 15 is 0 Å². The Bertz CT molecular complexity index is 702. The Morgan fingerprint density at radius 1 is 0.952 bits per heavy atom. The minimum absolute atomic E-state index is 0.370. The van der Waals surface area contributed by atoms with Crippen molar-refractivity contribution in [3.63, 3.8) is 0 Å². The van der Waals surface area contributed by atoms with E-state index in [1.807, 2.05) is 12.3 Å². The Morgan fingerprint density at radius 3 is 2.62 bits per heavy atom. The van der Waals surface area contributed by atoms with Crippen LogP contribution in [-0.4, -0.2) is 11.5 Å². The van der Waals surface area contributed by atoms with Crippen LogP contribution in [0.15, 0.2) is 66.9 Å². The average Bonchev–Trinajstić information content (AvgIpc) is 2.56. The van der Waals surface area contributed by atoms with Crippen molar-refractivity contribution in [2.24, 2.45) is 0 Å². The van der Waals surface area contributed by atoms with Gasteiger partial charge in [-0.25, -0.2) is 0 Å². The third-order valence-electron chi connectivity index (χ3n) is 3.86. The Labute approximate surface area is 125 Å². The molecule has 21 heavy (non-hydrogen) atoms. The van der Waals surface area contributed by atoms with E-state index < -0.39 is 0 Å². The lowest BCUT2D eigenvalue weighted by Crippen LogP contribution is -2.21. The van der Waals surface area contributed by atoms with Crippen LogP contribution in [0.5, 0.6) is 0 Å². The van der Waals surface area contributed by atoms with E-state index in [0.717, 1.165) is 18.5 Å². The smallest absolute Gasteiger partial charge is 0.0734 e. The maximum atomic E-state index is 4.51. The third kappa shape index (κ3) is 3.29. The zero-order chi connectivity index (χ0) is 14.5. The summed E-state index contributed by atoms with van der Waals surface area (Å²) in [5, 5.41) is 4.80. The Hall–Kier alpha value is -2.19. The molecule has 0 fully saturated rings. The number of aromatic nitrogens is 1. The number of hydrogen-bond donors (Lipinski definition) is 1. The van der Waals surface area contributed by atoms with E-state index in [-0.39, 0.29) is 0 Å². The molecule has 1 unspecified atom stereocenters. The van der Waals surface area contributed by atoms with Crippen molar-refractivity contribution in [3.8, 4) is 0 Å². The lowest BCUT2D eigenvalue weighted by atomic mass is 10.1. The van der Waals surface area contributed by atoms with E-state index in [1.54, 1.807) is 0 Å². The summed E-state index contributed by atoms with van der Waals surface area (Å²) in [6.45, 7) is 3.16. The van der Waals surface area contributed by atoms with Crippen LogP contribution in [0.2, 0.25) is 0 Å². The van der Waals surface area contributed by atoms with Gasteiger partial charge in [0.25, 0.3) is 0 Å². The largest absolute Gasteiger partial charge is 0.310 e. The maximum absolute atomic E-state index is 4.51. The molecule has 1 heterocycles. The summed E-state index contributed by atoms with van der Waals surface area (Å²) in [4.78, 5) is 4.51. The van der Waals surface area contributed by atoms with Gasteiger partial charge in [0.05, 0.1) is 5.52 Å². The summed E-state index contributed by atoms with van der Waals surface area (Å²) in [5.41, 5.74) is 3.75. The van der Waals surface area contributed by atoms with Gasteiger partial charge in [-0.15, -0.1) is 0 Å². The molecule has 3 rings (SSSR count). The Morgan fingerprint density at radius 2 is 1.76 bits per heavy atom. The number of nitrogens with zero attached hydrogens (tertiary/aromatic N) is 1. The van der Waals surface area contributed by atoms with E-state index in [9.17, 15) is 0 Å². The van der Waals surface area contributed by atoms with Gasteiger partial charge < -0.3 is 5.32 Å². The molecular formula is C19H20N2. The van der Waals surface area contributed by atoms with Crippen molar-refractivity contribution >= 4 is 10.9 Å². The summed E-state index contributed by atoms with van der Waals surface area (Å²) in [6, 6.07) is 21.4. The van der Waals surface area contributed by atoms with Crippen LogP contribution in [0.4, 0.5) is 0 Å². The highest BCUT2D eigenvalue weighted by Gasteiger charge is 2.05. The first-order valence-electron chi connectivity index (χ1n) is 7.45. The van der Waals surface area contributed by atoms with Gasteiger partial charge in [-0.05, 0) is 37.1 Å². The SMILES string of the molecule is CC(NCCc1cccc2cccnc12)c1ccccc1. The first-order valence-corrected chi connectivity index (χ1v) is 7.45. The second-order valence-electron chi connectivity index (χ2n) is 5.33. The van der Waals surface area contributed by atoms with Crippen molar-refractivity contribution in [2.45, 2.75) is 19.4 Å². The number of fused-ring (bicyclic) bond motifs is 1. The molecule has 0 bridgehead atoms. The molecule has 0 spiro atoms. The minimum Gasteiger partial charge on any atom is -0.310 e. The number of pyridine rings is 1. The van der Waals surface area contributed by atoms with E-state index in [2.05, 4.69) is 71.8 Å². The zero-order valence-corrected chi connectivity index (χ0v) is 12.3. The van der Waals surface area contributed by atoms with Crippen LogP contribution in [-0.2, 0) is 6.42 Å². The van der Waals surface area contributed by atoms with Crippen LogP contribution in [0, 0.1) is 0 Å². The van der Waals surface area contributed by atoms with Crippen molar-refractivity contribution in [1.82, 2.24) is 10.3 Å². The molecule has 1 atom stereocenters. The molecule has 0 radical (unpaired) electrons. The average molecular weight is 276 g/mol. The summed E-state index contributed by atoms with van der Waals surface area (Å²) < 4.78 is 0. The Kier molecular flexibility index (Phi) is 4.27. The van der Waals surface area contributed by atoms with Crippen LogP contribution < -0.4 is 5.32 Å². The normalized spacial score (nSPS) is 12.4. The monoisotopic (exact) mass is 276 g/mol. The van der Waals surface area contributed by atoms with E-state index in [1.165, 1.54) is 16.5 Å². The number of nitrogens with one attached hydrogen (secondary N) is 1. The molecule has 2 heteroatoms. The van der Waals surface area contributed by atoms with E-state index in [4.69, 9.17) is 0 Å². The van der Waals surface area contributed by atoms with Crippen molar-refractivity contribution in [1.29, 1.82) is 0 Å². The molecule has 2 nitrogen and oxygen atoms in total. The van der Waals surface area contributed by atoms with Gasteiger partial charge in [0.1, 0.15) is 0 Å². The summed E-state index contributed by atoms with van der Waals surface area (Å²) in [6.07, 6.45) is 2.86. The molecule has 1 N–H and O–H groups in total. The second-order valence-corrected chi connectivity index (χ2v) is 5.33. The summed E-state index contributed by atoms with van der Waals surface area (Å²) >= 11 is 0. The quantitative estimate of drug-likeness (QED) is 0.758. The molecule has 0 amide bonds. The minimum atomic E-state index is 0.370. The number of rotatable bonds is 5. The number of benzene rings is 2. The summed E-state index contributed by atoms with van der Waals surface area (Å²) in [5.74, 6) is 0. The predicted octanol–water partition coefficient (Wildman–Crippen LogP) is 4.13.